The summed E-state index contributed by atoms with van der Waals surface area (Å²) in [7, 11) is 0. The first-order valence-electron chi connectivity index (χ1n) is 6.15. The first-order chi connectivity index (χ1) is 8.70. The summed E-state index contributed by atoms with van der Waals surface area (Å²) in [6.07, 6.45) is 7.67. The highest BCUT2D eigenvalue weighted by Crippen LogP contribution is 2.29. The van der Waals surface area contributed by atoms with E-state index >= 15 is 0 Å². The molecule has 1 aliphatic rings. The number of carbonyl (C=O) groups is 1. The zero-order valence-corrected chi connectivity index (χ0v) is 10.2. The van der Waals surface area contributed by atoms with Gasteiger partial charge in [-0.1, -0.05) is 24.1 Å². The number of hydrogen-bond acceptors (Lipinski definition) is 1. The van der Waals surface area contributed by atoms with E-state index in [1.807, 2.05) is 0 Å². The molecule has 1 aromatic carbocycles. The van der Waals surface area contributed by atoms with Crippen molar-refractivity contribution in [2.24, 2.45) is 5.92 Å². The van der Waals surface area contributed by atoms with E-state index in [1.54, 1.807) is 23.1 Å². The monoisotopic (exact) mass is 245 g/mol. The average Bonchev–Trinajstić information content (AvgIpc) is 3.15. The summed E-state index contributed by atoms with van der Waals surface area (Å²) in [5, 5.41) is 0. The van der Waals surface area contributed by atoms with Gasteiger partial charge >= 0.3 is 0 Å². The molecule has 1 aromatic rings. The second-order valence-corrected chi connectivity index (χ2v) is 4.69. The molecule has 1 amide bonds. The summed E-state index contributed by atoms with van der Waals surface area (Å²) in [4.78, 5) is 13.7. The Morgan fingerprint density at radius 1 is 1.44 bits per heavy atom. The van der Waals surface area contributed by atoms with Crippen LogP contribution in [0, 0.1) is 24.1 Å². The second-order valence-electron chi connectivity index (χ2n) is 4.69. The first kappa shape index (κ1) is 12.6. The zero-order valence-electron chi connectivity index (χ0n) is 10.2. The Kier molecular flexibility index (Phi) is 3.99. The van der Waals surface area contributed by atoms with Crippen molar-refractivity contribution in [3.8, 4) is 12.3 Å². The van der Waals surface area contributed by atoms with Gasteiger partial charge in [0.1, 0.15) is 5.82 Å². The maximum atomic E-state index is 13.5. The molecule has 1 aliphatic carbocycles. The molecule has 1 saturated carbocycles. The normalized spacial score (nSPS) is 14.0. The highest BCUT2D eigenvalue weighted by atomic mass is 19.1. The van der Waals surface area contributed by atoms with Crippen molar-refractivity contribution >= 4 is 5.91 Å². The van der Waals surface area contributed by atoms with E-state index in [2.05, 4.69) is 5.92 Å². The smallest absolute Gasteiger partial charge is 0.227 e. The molecule has 0 radical (unpaired) electrons. The predicted molar refractivity (Wildman–Crippen MR) is 68.2 cm³/mol. The Labute approximate surface area is 107 Å². The lowest BCUT2D eigenvalue weighted by Crippen LogP contribution is -2.34. The Morgan fingerprint density at radius 2 is 2.17 bits per heavy atom. The molecule has 0 aliphatic heterocycles. The van der Waals surface area contributed by atoms with Crippen LogP contribution < -0.4 is 0 Å². The molecule has 3 heteroatoms. The molecule has 0 N–H and O–H groups in total. The molecule has 1 fully saturated rings. The summed E-state index contributed by atoms with van der Waals surface area (Å²) >= 11 is 0. The molecule has 18 heavy (non-hydrogen) atoms. The SMILES string of the molecule is C#CCN(CC1CC1)C(=O)Cc1ccccc1F. The van der Waals surface area contributed by atoms with Gasteiger partial charge in [-0.05, 0) is 30.4 Å². The molecule has 0 heterocycles. The number of benzene rings is 1. The standard InChI is InChI=1S/C15H16FNO/c1-2-9-17(11-12-7-8-12)15(18)10-13-5-3-4-6-14(13)16/h1,3-6,12H,7-11H2. The fourth-order valence-electron chi connectivity index (χ4n) is 1.89. The number of halogens is 1. The minimum Gasteiger partial charge on any atom is -0.331 e. The van der Waals surface area contributed by atoms with Gasteiger partial charge in [0.05, 0.1) is 13.0 Å². The number of rotatable bonds is 5. The molecule has 0 atom stereocenters. The highest BCUT2D eigenvalue weighted by molar-refractivity contribution is 5.79. The molecule has 2 rings (SSSR count). The lowest BCUT2D eigenvalue weighted by atomic mass is 10.1. The molecule has 94 valence electrons. The van der Waals surface area contributed by atoms with E-state index in [9.17, 15) is 9.18 Å². The van der Waals surface area contributed by atoms with Gasteiger partial charge in [0.2, 0.25) is 5.91 Å². The highest BCUT2D eigenvalue weighted by Gasteiger charge is 2.26. The lowest BCUT2D eigenvalue weighted by Gasteiger charge is -2.20. The maximum absolute atomic E-state index is 13.5. The summed E-state index contributed by atoms with van der Waals surface area (Å²) in [6, 6.07) is 6.36. The van der Waals surface area contributed by atoms with Crippen molar-refractivity contribution < 1.29 is 9.18 Å². The molecule has 2 nitrogen and oxygen atoms in total. The second kappa shape index (κ2) is 5.68. The fraction of sp³-hybridized carbons (Fsp3) is 0.400. The van der Waals surface area contributed by atoms with Gasteiger partial charge in [-0.3, -0.25) is 4.79 Å². The summed E-state index contributed by atoms with van der Waals surface area (Å²) in [6.45, 7) is 1.02. The van der Waals surface area contributed by atoms with Crippen LogP contribution in [-0.2, 0) is 11.2 Å². The van der Waals surface area contributed by atoms with Crippen LogP contribution in [0.5, 0.6) is 0 Å². The Balaban J connectivity index is 2.00. The molecular formula is C15H16FNO. The topological polar surface area (TPSA) is 20.3 Å². The van der Waals surface area contributed by atoms with Crippen molar-refractivity contribution in [1.82, 2.24) is 4.90 Å². The summed E-state index contributed by atoms with van der Waals surface area (Å²) < 4.78 is 13.5. The van der Waals surface area contributed by atoms with Crippen molar-refractivity contribution in [2.75, 3.05) is 13.1 Å². The first-order valence-corrected chi connectivity index (χ1v) is 6.15. The molecule has 0 bridgehead atoms. The van der Waals surface area contributed by atoms with Gasteiger partial charge < -0.3 is 4.90 Å². The van der Waals surface area contributed by atoms with Gasteiger partial charge in [-0.2, -0.15) is 0 Å². The van der Waals surface area contributed by atoms with Crippen molar-refractivity contribution in [2.45, 2.75) is 19.3 Å². The third-order valence-electron chi connectivity index (χ3n) is 3.11. The Hall–Kier alpha value is -1.82. The molecule has 0 spiro atoms. The van der Waals surface area contributed by atoms with E-state index < -0.39 is 0 Å². The molecule has 0 saturated heterocycles. The van der Waals surface area contributed by atoms with Gasteiger partial charge in [0, 0.05) is 6.54 Å². The van der Waals surface area contributed by atoms with E-state index in [-0.39, 0.29) is 18.1 Å². The van der Waals surface area contributed by atoms with Crippen LogP contribution in [-0.4, -0.2) is 23.9 Å². The number of hydrogen-bond donors (Lipinski definition) is 0. The lowest BCUT2D eigenvalue weighted by molar-refractivity contribution is -0.130. The van der Waals surface area contributed by atoms with E-state index in [0.717, 1.165) is 12.8 Å². The fourth-order valence-corrected chi connectivity index (χ4v) is 1.89. The Bertz CT molecular complexity index is 474. The Morgan fingerprint density at radius 3 is 2.78 bits per heavy atom. The molecular weight excluding hydrogens is 229 g/mol. The van der Waals surface area contributed by atoms with Crippen LogP contribution in [0.25, 0.3) is 0 Å². The van der Waals surface area contributed by atoms with Crippen LogP contribution in [0.15, 0.2) is 24.3 Å². The molecule has 0 unspecified atom stereocenters. The van der Waals surface area contributed by atoms with Gasteiger partial charge in [0.25, 0.3) is 0 Å². The van der Waals surface area contributed by atoms with Crippen LogP contribution in [0.1, 0.15) is 18.4 Å². The van der Waals surface area contributed by atoms with Crippen molar-refractivity contribution in [3.05, 3.63) is 35.6 Å². The van der Waals surface area contributed by atoms with Crippen molar-refractivity contribution in [1.29, 1.82) is 0 Å². The van der Waals surface area contributed by atoms with Crippen molar-refractivity contribution in [3.63, 3.8) is 0 Å². The van der Waals surface area contributed by atoms with Gasteiger partial charge in [-0.25, -0.2) is 4.39 Å². The number of amides is 1. The summed E-state index contributed by atoms with van der Waals surface area (Å²) in [5.74, 6) is 2.65. The third kappa shape index (κ3) is 3.33. The van der Waals surface area contributed by atoms with Gasteiger partial charge in [0.15, 0.2) is 0 Å². The summed E-state index contributed by atoms with van der Waals surface area (Å²) in [5.41, 5.74) is 0.431. The van der Waals surface area contributed by atoms with E-state index in [4.69, 9.17) is 6.42 Å². The zero-order chi connectivity index (χ0) is 13.0. The minimum absolute atomic E-state index is 0.0844. The van der Waals surface area contributed by atoms with Crippen LogP contribution in [0.2, 0.25) is 0 Å². The van der Waals surface area contributed by atoms with E-state index in [1.165, 1.54) is 6.07 Å². The predicted octanol–water partition coefficient (Wildman–Crippen LogP) is 2.24. The van der Waals surface area contributed by atoms with Gasteiger partial charge in [-0.15, -0.1) is 6.42 Å². The van der Waals surface area contributed by atoms with Crippen LogP contribution in [0.4, 0.5) is 4.39 Å². The van der Waals surface area contributed by atoms with Crippen LogP contribution >= 0.6 is 0 Å². The number of terminal acetylenes is 1. The number of carbonyl (C=O) groups excluding carboxylic acids is 1. The minimum atomic E-state index is -0.335. The maximum Gasteiger partial charge on any atom is 0.227 e. The third-order valence-corrected chi connectivity index (χ3v) is 3.11. The van der Waals surface area contributed by atoms with Crippen LogP contribution in [0.3, 0.4) is 0 Å². The average molecular weight is 245 g/mol. The molecule has 0 aromatic heterocycles. The largest absolute Gasteiger partial charge is 0.331 e. The number of nitrogens with zero attached hydrogens (tertiary/aromatic N) is 1. The van der Waals surface area contributed by atoms with E-state index in [0.29, 0.717) is 24.6 Å². The quantitative estimate of drug-likeness (QED) is 0.728.